The Morgan fingerprint density at radius 3 is 2.43 bits per heavy atom. The number of hydrogen-bond donors (Lipinski definition) is 1. The minimum atomic E-state index is -0.255. The minimum absolute atomic E-state index is 0.0665. The Balaban J connectivity index is 1.87. The maximum Gasteiger partial charge on any atom is 0.262 e. The van der Waals surface area contributed by atoms with E-state index in [1.807, 2.05) is 24.3 Å². The van der Waals surface area contributed by atoms with Crippen LogP contribution in [0.3, 0.4) is 0 Å². The fourth-order valence-corrected chi connectivity index (χ4v) is 2.35. The average molecular weight is 352 g/mol. The Kier molecular flexibility index (Phi) is 6.31. The van der Waals surface area contributed by atoms with Gasteiger partial charge in [-0.05, 0) is 48.2 Å². The van der Waals surface area contributed by atoms with E-state index >= 15 is 0 Å². The maximum atomic E-state index is 11.9. The first-order chi connectivity index (χ1) is 11.0. The van der Waals surface area contributed by atoms with E-state index in [4.69, 9.17) is 27.9 Å². The molecule has 122 valence electrons. The lowest BCUT2D eigenvalue weighted by atomic mass is 9.99. The maximum absolute atomic E-state index is 11.9. The summed E-state index contributed by atoms with van der Waals surface area (Å²) in [5.41, 5.74) is 1.85. The van der Waals surface area contributed by atoms with Crippen molar-refractivity contribution in [3.8, 4) is 5.75 Å². The molecule has 0 radical (unpaired) electrons. The highest BCUT2D eigenvalue weighted by Crippen LogP contribution is 2.25. The van der Waals surface area contributed by atoms with E-state index in [0.717, 1.165) is 6.42 Å². The van der Waals surface area contributed by atoms with Crippen molar-refractivity contribution in [1.29, 1.82) is 0 Å². The van der Waals surface area contributed by atoms with Crippen molar-refractivity contribution in [2.75, 3.05) is 11.9 Å². The number of carbonyl (C=O) groups is 1. The summed E-state index contributed by atoms with van der Waals surface area (Å²) < 4.78 is 5.49. The largest absolute Gasteiger partial charge is 0.484 e. The van der Waals surface area contributed by atoms with Crippen LogP contribution in [0.2, 0.25) is 10.0 Å². The van der Waals surface area contributed by atoms with Crippen molar-refractivity contribution in [3.63, 3.8) is 0 Å². The van der Waals surface area contributed by atoms with Gasteiger partial charge in [0.25, 0.3) is 5.91 Å². The van der Waals surface area contributed by atoms with Crippen LogP contribution < -0.4 is 10.1 Å². The van der Waals surface area contributed by atoms with Crippen molar-refractivity contribution < 1.29 is 9.53 Å². The topological polar surface area (TPSA) is 38.3 Å². The Labute approximate surface area is 146 Å². The van der Waals surface area contributed by atoms with Crippen LogP contribution >= 0.6 is 23.2 Å². The molecule has 2 aromatic rings. The number of halogens is 2. The highest BCUT2D eigenvalue weighted by Gasteiger charge is 2.07. The number of ether oxygens (including phenoxy) is 1. The molecule has 1 N–H and O–H groups in total. The van der Waals surface area contributed by atoms with Crippen molar-refractivity contribution in [1.82, 2.24) is 0 Å². The highest BCUT2D eigenvalue weighted by atomic mass is 35.5. The van der Waals surface area contributed by atoms with Gasteiger partial charge in [0.2, 0.25) is 0 Å². The van der Waals surface area contributed by atoms with E-state index in [2.05, 4.69) is 19.2 Å². The van der Waals surface area contributed by atoms with Gasteiger partial charge in [-0.25, -0.2) is 0 Å². The monoisotopic (exact) mass is 351 g/mol. The van der Waals surface area contributed by atoms with Gasteiger partial charge in [0.05, 0.1) is 10.0 Å². The van der Waals surface area contributed by atoms with Gasteiger partial charge in [0.1, 0.15) is 5.75 Å². The summed E-state index contributed by atoms with van der Waals surface area (Å²) in [6.45, 7) is 4.27. The lowest BCUT2D eigenvalue weighted by Crippen LogP contribution is -2.20. The Hall–Kier alpha value is -1.71. The summed E-state index contributed by atoms with van der Waals surface area (Å²) in [6, 6.07) is 12.7. The fourth-order valence-electron chi connectivity index (χ4n) is 2.05. The quantitative estimate of drug-likeness (QED) is 0.743. The molecular formula is C18H19Cl2NO2. The Morgan fingerprint density at radius 2 is 1.83 bits per heavy atom. The molecule has 0 aliphatic heterocycles. The molecular weight excluding hydrogens is 333 g/mol. The molecule has 0 fully saturated rings. The molecule has 0 unspecified atom stereocenters. The van der Waals surface area contributed by atoms with Gasteiger partial charge in [0.15, 0.2) is 6.61 Å². The predicted molar refractivity (Wildman–Crippen MR) is 95.7 cm³/mol. The van der Waals surface area contributed by atoms with E-state index in [0.29, 0.717) is 27.4 Å². The average Bonchev–Trinajstić information content (AvgIpc) is 2.56. The molecule has 0 heterocycles. The molecule has 23 heavy (non-hydrogen) atoms. The van der Waals surface area contributed by atoms with Crippen molar-refractivity contribution >= 4 is 34.8 Å². The van der Waals surface area contributed by atoms with Gasteiger partial charge >= 0.3 is 0 Å². The molecule has 0 aromatic heterocycles. The molecule has 5 heteroatoms. The van der Waals surface area contributed by atoms with Crippen LogP contribution in [0.5, 0.6) is 5.75 Å². The van der Waals surface area contributed by atoms with Crippen molar-refractivity contribution in [2.45, 2.75) is 26.2 Å². The van der Waals surface area contributed by atoms with Crippen LogP contribution in [0.15, 0.2) is 42.5 Å². The number of amides is 1. The number of anilines is 1. The third-order valence-corrected chi connectivity index (χ3v) is 4.37. The first-order valence-electron chi connectivity index (χ1n) is 7.47. The van der Waals surface area contributed by atoms with Gasteiger partial charge in [-0.1, -0.05) is 49.2 Å². The third kappa shape index (κ3) is 5.15. The molecule has 0 spiro atoms. The zero-order valence-corrected chi connectivity index (χ0v) is 14.6. The normalized spacial score (nSPS) is 11.8. The van der Waals surface area contributed by atoms with Gasteiger partial charge in [-0.3, -0.25) is 4.79 Å². The van der Waals surface area contributed by atoms with E-state index in [1.54, 1.807) is 18.2 Å². The fraction of sp³-hybridized carbons (Fsp3) is 0.278. The van der Waals surface area contributed by atoms with Crippen LogP contribution in [-0.4, -0.2) is 12.5 Å². The minimum Gasteiger partial charge on any atom is -0.484 e. The van der Waals surface area contributed by atoms with Gasteiger partial charge in [0, 0.05) is 5.69 Å². The summed E-state index contributed by atoms with van der Waals surface area (Å²) in [5.74, 6) is 0.928. The molecule has 3 nitrogen and oxygen atoms in total. The predicted octanol–water partition coefficient (Wildman–Crippen LogP) is 5.52. The number of hydrogen-bond acceptors (Lipinski definition) is 2. The van der Waals surface area contributed by atoms with Crippen molar-refractivity contribution in [2.24, 2.45) is 0 Å². The smallest absolute Gasteiger partial charge is 0.262 e. The SMILES string of the molecule is CC[C@@H](C)c1ccc(OCC(=O)Nc2ccc(Cl)c(Cl)c2)cc1. The molecule has 0 aliphatic carbocycles. The van der Waals surface area contributed by atoms with Gasteiger partial charge < -0.3 is 10.1 Å². The van der Waals surface area contributed by atoms with Crippen LogP contribution in [-0.2, 0) is 4.79 Å². The van der Waals surface area contributed by atoms with Gasteiger partial charge in [-0.15, -0.1) is 0 Å². The second kappa shape index (κ2) is 8.23. The summed E-state index contributed by atoms with van der Waals surface area (Å²) in [7, 11) is 0. The molecule has 0 bridgehead atoms. The second-order valence-corrected chi connectivity index (χ2v) is 6.16. The number of benzene rings is 2. The second-order valence-electron chi connectivity index (χ2n) is 5.34. The number of nitrogens with one attached hydrogen (secondary N) is 1. The standard InChI is InChI=1S/C18H19Cl2NO2/c1-3-12(2)13-4-7-15(8-5-13)23-11-18(22)21-14-6-9-16(19)17(20)10-14/h4-10,12H,3,11H2,1-2H3,(H,21,22)/t12-/m1/s1. The number of carbonyl (C=O) groups excluding carboxylic acids is 1. The molecule has 1 amide bonds. The first kappa shape index (κ1) is 17.6. The molecule has 2 rings (SSSR count). The highest BCUT2D eigenvalue weighted by molar-refractivity contribution is 6.42. The lowest BCUT2D eigenvalue weighted by Gasteiger charge is -2.11. The first-order valence-corrected chi connectivity index (χ1v) is 8.23. The Bertz CT molecular complexity index is 671. The molecule has 0 saturated heterocycles. The van der Waals surface area contributed by atoms with Crippen molar-refractivity contribution in [3.05, 3.63) is 58.1 Å². The third-order valence-electron chi connectivity index (χ3n) is 3.63. The lowest BCUT2D eigenvalue weighted by molar-refractivity contribution is -0.118. The number of rotatable bonds is 6. The Morgan fingerprint density at radius 1 is 1.13 bits per heavy atom. The van der Waals surface area contributed by atoms with Crippen LogP contribution in [0, 0.1) is 0 Å². The molecule has 2 aromatic carbocycles. The van der Waals surface area contributed by atoms with E-state index in [9.17, 15) is 4.79 Å². The molecule has 1 atom stereocenters. The zero-order chi connectivity index (χ0) is 16.8. The van der Waals surface area contributed by atoms with Crippen LogP contribution in [0.25, 0.3) is 0 Å². The van der Waals surface area contributed by atoms with E-state index in [-0.39, 0.29) is 12.5 Å². The molecule has 0 aliphatic rings. The zero-order valence-electron chi connectivity index (χ0n) is 13.1. The summed E-state index contributed by atoms with van der Waals surface area (Å²) in [4.78, 5) is 11.9. The van der Waals surface area contributed by atoms with Crippen LogP contribution in [0.1, 0.15) is 31.7 Å². The summed E-state index contributed by atoms with van der Waals surface area (Å²) in [5, 5.41) is 3.55. The summed E-state index contributed by atoms with van der Waals surface area (Å²) in [6.07, 6.45) is 1.09. The van der Waals surface area contributed by atoms with Gasteiger partial charge in [-0.2, -0.15) is 0 Å². The molecule has 0 saturated carbocycles. The van der Waals surface area contributed by atoms with E-state index < -0.39 is 0 Å². The van der Waals surface area contributed by atoms with E-state index in [1.165, 1.54) is 5.56 Å². The summed E-state index contributed by atoms with van der Waals surface area (Å²) >= 11 is 11.7. The van der Waals surface area contributed by atoms with Crippen LogP contribution in [0.4, 0.5) is 5.69 Å².